The second kappa shape index (κ2) is 8.48. The third-order valence-electron chi connectivity index (χ3n) is 3.99. The van der Waals surface area contributed by atoms with Crippen molar-refractivity contribution in [1.82, 2.24) is 4.90 Å². The number of aliphatic hydroxyl groups is 1. The van der Waals surface area contributed by atoms with Gasteiger partial charge in [0.15, 0.2) is 0 Å². The summed E-state index contributed by atoms with van der Waals surface area (Å²) in [6, 6.07) is 0. The van der Waals surface area contributed by atoms with Crippen molar-refractivity contribution in [1.29, 1.82) is 0 Å². The van der Waals surface area contributed by atoms with E-state index in [4.69, 9.17) is 10.8 Å². The van der Waals surface area contributed by atoms with Gasteiger partial charge in [-0.3, -0.25) is 4.79 Å². The zero-order valence-electron chi connectivity index (χ0n) is 11.6. The molecule has 0 aromatic heterocycles. The molecule has 0 aromatic rings. The van der Waals surface area contributed by atoms with Crippen molar-refractivity contribution in [3.8, 4) is 0 Å². The molecule has 106 valence electrons. The highest BCUT2D eigenvalue weighted by Crippen LogP contribution is 2.29. The van der Waals surface area contributed by atoms with Crippen molar-refractivity contribution in [3.63, 3.8) is 0 Å². The zero-order chi connectivity index (χ0) is 13.4. The summed E-state index contributed by atoms with van der Waals surface area (Å²) in [6.07, 6.45) is 6.18. The maximum atomic E-state index is 12.4. The first-order chi connectivity index (χ1) is 8.72. The van der Waals surface area contributed by atoms with Gasteiger partial charge in [0.1, 0.15) is 0 Å². The average molecular weight is 256 g/mol. The minimum atomic E-state index is 0.0631. The molecule has 1 rings (SSSR count). The molecule has 3 N–H and O–H groups in total. The molecule has 0 heterocycles. The number of carbonyl (C=O) groups is 1. The zero-order valence-corrected chi connectivity index (χ0v) is 11.6. The van der Waals surface area contributed by atoms with E-state index in [0.29, 0.717) is 12.5 Å². The molecule has 1 aliphatic rings. The number of rotatable bonds is 7. The Bertz CT molecular complexity index is 238. The van der Waals surface area contributed by atoms with Crippen LogP contribution in [0.5, 0.6) is 0 Å². The molecular formula is C14H28N2O2. The van der Waals surface area contributed by atoms with Gasteiger partial charge in [0, 0.05) is 19.0 Å². The molecule has 0 unspecified atom stereocenters. The van der Waals surface area contributed by atoms with Crippen LogP contribution >= 0.6 is 0 Å². The lowest BCUT2D eigenvalue weighted by Gasteiger charge is -2.31. The molecule has 0 atom stereocenters. The van der Waals surface area contributed by atoms with Crippen LogP contribution in [0.1, 0.15) is 45.4 Å². The summed E-state index contributed by atoms with van der Waals surface area (Å²) in [7, 11) is 0. The molecule has 1 aliphatic carbocycles. The van der Waals surface area contributed by atoms with Crippen LogP contribution in [0.3, 0.4) is 0 Å². The number of hydrogen-bond acceptors (Lipinski definition) is 3. The summed E-state index contributed by atoms with van der Waals surface area (Å²) in [5.74, 6) is 1.01. The Morgan fingerprint density at radius 3 is 2.44 bits per heavy atom. The predicted octanol–water partition coefficient (Wildman–Crippen LogP) is 1.37. The lowest BCUT2D eigenvalue weighted by Crippen LogP contribution is -2.40. The number of amides is 1. The van der Waals surface area contributed by atoms with E-state index < -0.39 is 0 Å². The van der Waals surface area contributed by atoms with Crippen LogP contribution in [0.25, 0.3) is 0 Å². The van der Waals surface area contributed by atoms with Crippen LogP contribution in [0.4, 0.5) is 0 Å². The Morgan fingerprint density at radius 1 is 1.28 bits per heavy atom. The van der Waals surface area contributed by atoms with Gasteiger partial charge in [-0.1, -0.05) is 13.3 Å². The highest BCUT2D eigenvalue weighted by molar-refractivity contribution is 5.78. The molecule has 1 saturated carbocycles. The van der Waals surface area contributed by atoms with Gasteiger partial charge in [-0.05, 0) is 44.6 Å². The van der Waals surface area contributed by atoms with Crippen molar-refractivity contribution in [2.45, 2.75) is 45.4 Å². The fourth-order valence-corrected chi connectivity index (χ4v) is 2.71. The van der Waals surface area contributed by atoms with Crippen LogP contribution < -0.4 is 5.73 Å². The van der Waals surface area contributed by atoms with Crippen LogP contribution in [0.15, 0.2) is 0 Å². The van der Waals surface area contributed by atoms with Gasteiger partial charge >= 0.3 is 0 Å². The van der Waals surface area contributed by atoms with Crippen molar-refractivity contribution in [2.24, 2.45) is 17.6 Å². The monoisotopic (exact) mass is 256 g/mol. The number of carbonyl (C=O) groups excluding carboxylic acids is 1. The van der Waals surface area contributed by atoms with E-state index in [9.17, 15) is 4.79 Å². The van der Waals surface area contributed by atoms with Crippen LogP contribution in [-0.2, 0) is 4.79 Å². The molecule has 0 radical (unpaired) electrons. The van der Waals surface area contributed by atoms with Crippen molar-refractivity contribution >= 4 is 5.91 Å². The molecule has 0 aliphatic heterocycles. The van der Waals surface area contributed by atoms with Gasteiger partial charge in [0.25, 0.3) is 0 Å². The SMILES string of the molecule is CCCCN(CCO)C(=O)C1CCC(CN)CC1. The maximum Gasteiger partial charge on any atom is 0.225 e. The van der Waals surface area contributed by atoms with Crippen LogP contribution in [0, 0.1) is 11.8 Å². The van der Waals surface area contributed by atoms with E-state index in [0.717, 1.165) is 51.6 Å². The van der Waals surface area contributed by atoms with Crippen molar-refractivity contribution in [2.75, 3.05) is 26.2 Å². The van der Waals surface area contributed by atoms with E-state index in [1.54, 1.807) is 0 Å². The van der Waals surface area contributed by atoms with E-state index in [-0.39, 0.29) is 18.4 Å². The lowest BCUT2D eigenvalue weighted by atomic mass is 9.81. The van der Waals surface area contributed by atoms with Gasteiger partial charge in [0.2, 0.25) is 5.91 Å². The molecule has 4 heteroatoms. The Morgan fingerprint density at radius 2 is 1.94 bits per heavy atom. The third-order valence-corrected chi connectivity index (χ3v) is 3.99. The summed E-state index contributed by atoms with van der Waals surface area (Å²) in [5, 5.41) is 9.05. The van der Waals surface area contributed by atoms with Gasteiger partial charge in [-0.2, -0.15) is 0 Å². The van der Waals surface area contributed by atoms with Crippen LogP contribution in [-0.4, -0.2) is 42.2 Å². The number of hydrogen-bond donors (Lipinski definition) is 2. The number of unbranched alkanes of at least 4 members (excludes halogenated alkanes) is 1. The number of aliphatic hydroxyl groups excluding tert-OH is 1. The summed E-state index contributed by atoms with van der Waals surface area (Å²) in [4.78, 5) is 14.2. The summed E-state index contributed by atoms with van der Waals surface area (Å²) in [5.41, 5.74) is 5.67. The molecule has 0 aromatic carbocycles. The smallest absolute Gasteiger partial charge is 0.225 e. The van der Waals surface area contributed by atoms with Crippen molar-refractivity contribution < 1.29 is 9.90 Å². The predicted molar refractivity (Wildman–Crippen MR) is 73.1 cm³/mol. The molecule has 4 nitrogen and oxygen atoms in total. The fraction of sp³-hybridized carbons (Fsp3) is 0.929. The van der Waals surface area contributed by atoms with E-state index >= 15 is 0 Å². The van der Waals surface area contributed by atoms with E-state index in [2.05, 4.69) is 6.92 Å². The van der Waals surface area contributed by atoms with E-state index in [1.165, 1.54) is 0 Å². The first-order valence-electron chi connectivity index (χ1n) is 7.32. The Hall–Kier alpha value is -0.610. The summed E-state index contributed by atoms with van der Waals surface area (Å²) < 4.78 is 0. The standard InChI is InChI=1S/C14H28N2O2/c1-2-3-8-16(9-10-17)14(18)13-6-4-12(11-15)5-7-13/h12-13,17H,2-11,15H2,1H3. The Labute approximate surface area is 111 Å². The number of nitrogens with two attached hydrogens (primary N) is 1. The Balaban J connectivity index is 2.44. The van der Waals surface area contributed by atoms with Gasteiger partial charge in [-0.25, -0.2) is 0 Å². The third kappa shape index (κ3) is 4.58. The van der Waals surface area contributed by atoms with E-state index in [1.807, 2.05) is 4.90 Å². The molecule has 0 bridgehead atoms. The topological polar surface area (TPSA) is 66.6 Å². The highest BCUT2D eigenvalue weighted by Gasteiger charge is 2.28. The van der Waals surface area contributed by atoms with Gasteiger partial charge < -0.3 is 15.7 Å². The molecule has 1 fully saturated rings. The maximum absolute atomic E-state index is 12.4. The van der Waals surface area contributed by atoms with Gasteiger partial charge in [-0.15, -0.1) is 0 Å². The lowest BCUT2D eigenvalue weighted by molar-refractivity contribution is -0.137. The van der Waals surface area contributed by atoms with Crippen LogP contribution in [0.2, 0.25) is 0 Å². The van der Waals surface area contributed by atoms with Crippen molar-refractivity contribution in [3.05, 3.63) is 0 Å². The second-order valence-electron chi connectivity index (χ2n) is 5.36. The minimum Gasteiger partial charge on any atom is -0.395 e. The molecule has 0 spiro atoms. The normalized spacial score (nSPS) is 23.9. The molecule has 1 amide bonds. The second-order valence-corrected chi connectivity index (χ2v) is 5.36. The fourth-order valence-electron chi connectivity index (χ4n) is 2.71. The largest absolute Gasteiger partial charge is 0.395 e. The number of nitrogens with zero attached hydrogens (tertiary/aromatic N) is 1. The summed E-state index contributed by atoms with van der Waals surface area (Å²) >= 11 is 0. The molecule has 18 heavy (non-hydrogen) atoms. The quantitative estimate of drug-likeness (QED) is 0.723. The van der Waals surface area contributed by atoms with Gasteiger partial charge in [0.05, 0.1) is 6.61 Å². The average Bonchev–Trinajstić information content (AvgIpc) is 2.43. The summed E-state index contributed by atoms with van der Waals surface area (Å²) in [6.45, 7) is 4.20. The first-order valence-corrected chi connectivity index (χ1v) is 7.32. The minimum absolute atomic E-state index is 0.0631. The molecule has 0 saturated heterocycles. The highest BCUT2D eigenvalue weighted by atomic mass is 16.3. The molecular weight excluding hydrogens is 228 g/mol. The first kappa shape index (κ1) is 15.4. The Kier molecular flexibility index (Phi) is 7.28.